The smallest absolute Gasteiger partial charge is 0.265 e. The molecule has 3 aromatic carbocycles. The second-order valence-corrected chi connectivity index (χ2v) is 6.82. The molecule has 0 saturated carbocycles. The second-order valence-electron chi connectivity index (χ2n) is 5.17. The van der Waals surface area contributed by atoms with Crippen molar-refractivity contribution in [2.75, 3.05) is 11.8 Å². The average molecular weight is 339 g/mol. The van der Waals surface area contributed by atoms with Crippen LogP contribution in [0.2, 0.25) is 0 Å². The Labute approximate surface area is 141 Å². The zero-order valence-corrected chi connectivity index (χ0v) is 14.0. The third-order valence-corrected chi connectivity index (χ3v) is 5.02. The first-order valence-corrected chi connectivity index (χ1v) is 8.90. The van der Waals surface area contributed by atoms with Crippen LogP contribution in [0, 0.1) is 0 Å². The fourth-order valence-corrected chi connectivity index (χ4v) is 3.73. The normalized spacial score (nSPS) is 11.0. The summed E-state index contributed by atoms with van der Waals surface area (Å²) in [6, 6.07) is 23.5. The molecule has 0 aliphatic heterocycles. The quantitative estimate of drug-likeness (QED) is 0.759. The fourth-order valence-electron chi connectivity index (χ4n) is 2.48. The van der Waals surface area contributed by atoms with Crippen molar-refractivity contribution in [2.24, 2.45) is 0 Å². The minimum absolute atomic E-state index is 0.107. The van der Waals surface area contributed by atoms with Gasteiger partial charge in [-0.3, -0.25) is 4.72 Å². The molecule has 0 radical (unpaired) electrons. The summed E-state index contributed by atoms with van der Waals surface area (Å²) in [7, 11) is -2.31. The molecule has 0 heterocycles. The van der Waals surface area contributed by atoms with Gasteiger partial charge in [-0.2, -0.15) is 0 Å². The molecule has 0 unspecified atom stereocenters. The lowest BCUT2D eigenvalue weighted by molar-refractivity contribution is 0.403. The molecule has 0 aliphatic carbocycles. The Morgan fingerprint density at radius 2 is 1.42 bits per heavy atom. The van der Waals surface area contributed by atoms with Crippen molar-refractivity contribution in [3.63, 3.8) is 0 Å². The van der Waals surface area contributed by atoms with E-state index in [1.165, 1.54) is 13.2 Å². The van der Waals surface area contributed by atoms with E-state index in [0.717, 1.165) is 11.1 Å². The number of rotatable bonds is 5. The molecule has 4 nitrogen and oxygen atoms in total. The van der Waals surface area contributed by atoms with E-state index in [4.69, 9.17) is 4.74 Å². The molecule has 0 bridgehead atoms. The van der Waals surface area contributed by atoms with Crippen LogP contribution < -0.4 is 9.46 Å². The molecular formula is C19H17NO3S. The van der Waals surface area contributed by atoms with E-state index in [0.29, 0.717) is 11.4 Å². The molecule has 0 saturated heterocycles. The van der Waals surface area contributed by atoms with Gasteiger partial charge >= 0.3 is 0 Å². The Morgan fingerprint density at radius 1 is 0.792 bits per heavy atom. The van der Waals surface area contributed by atoms with Crippen molar-refractivity contribution in [3.8, 4) is 16.9 Å². The monoisotopic (exact) mass is 339 g/mol. The summed E-state index contributed by atoms with van der Waals surface area (Å²) >= 11 is 0. The van der Waals surface area contributed by atoms with Crippen molar-refractivity contribution in [1.29, 1.82) is 0 Å². The number of anilines is 1. The van der Waals surface area contributed by atoms with Crippen LogP contribution in [-0.4, -0.2) is 15.5 Å². The Morgan fingerprint density at radius 3 is 2.17 bits per heavy atom. The summed E-state index contributed by atoms with van der Waals surface area (Å²) in [5, 5.41) is 0. The van der Waals surface area contributed by atoms with Crippen molar-refractivity contribution in [2.45, 2.75) is 4.90 Å². The summed E-state index contributed by atoms with van der Waals surface area (Å²) < 4.78 is 33.4. The first-order chi connectivity index (χ1) is 11.6. The third-order valence-electron chi connectivity index (χ3n) is 3.61. The van der Waals surface area contributed by atoms with Gasteiger partial charge in [-0.15, -0.1) is 0 Å². The van der Waals surface area contributed by atoms with E-state index in [-0.39, 0.29) is 4.90 Å². The van der Waals surface area contributed by atoms with Crippen LogP contribution >= 0.6 is 0 Å². The number of benzene rings is 3. The lowest BCUT2D eigenvalue weighted by atomic mass is 10.0. The van der Waals surface area contributed by atoms with E-state index < -0.39 is 10.0 Å². The van der Waals surface area contributed by atoms with E-state index >= 15 is 0 Å². The summed E-state index contributed by atoms with van der Waals surface area (Å²) in [6.07, 6.45) is 0. The van der Waals surface area contributed by atoms with Gasteiger partial charge in [0.2, 0.25) is 0 Å². The molecule has 1 N–H and O–H groups in total. The highest BCUT2D eigenvalue weighted by Crippen LogP contribution is 2.31. The Balaban J connectivity index is 2.03. The predicted octanol–water partition coefficient (Wildman–Crippen LogP) is 4.16. The zero-order valence-electron chi connectivity index (χ0n) is 13.1. The molecule has 3 rings (SSSR count). The number of nitrogens with one attached hydrogen (secondary N) is 1. The van der Waals surface area contributed by atoms with Crippen molar-refractivity contribution in [3.05, 3.63) is 78.9 Å². The van der Waals surface area contributed by atoms with Crippen LogP contribution in [0.15, 0.2) is 83.8 Å². The Kier molecular flexibility index (Phi) is 4.53. The van der Waals surface area contributed by atoms with Crippen LogP contribution in [0.3, 0.4) is 0 Å². The topological polar surface area (TPSA) is 55.4 Å². The fraction of sp³-hybridized carbons (Fsp3) is 0.0526. The highest BCUT2D eigenvalue weighted by Gasteiger charge is 2.20. The van der Waals surface area contributed by atoms with Gasteiger partial charge < -0.3 is 4.74 Å². The standard InChI is InChI=1S/C19H17NO3S/c1-23-18-13-7-8-14-19(18)24(21,22)20-17-12-6-5-11-16(17)15-9-3-2-4-10-15/h2-14,20H,1H3. The highest BCUT2D eigenvalue weighted by molar-refractivity contribution is 7.92. The summed E-state index contributed by atoms with van der Waals surface area (Å²) in [4.78, 5) is 0.107. The predicted molar refractivity (Wildman–Crippen MR) is 95.7 cm³/mol. The van der Waals surface area contributed by atoms with Gasteiger partial charge in [0.05, 0.1) is 12.8 Å². The van der Waals surface area contributed by atoms with Gasteiger partial charge in [0.25, 0.3) is 10.0 Å². The molecule has 3 aromatic rings. The van der Waals surface area contributed by atoms with Crippen LogP contribution in [0.5, 0.6) is 5.75 Å². The van der Waals surface area contributed by atoms with Gasteiger partial charge in [0.15, 0.2) is 0 Å². The number of methoxy groups -OCH3 is 1. The number of hydrogen-bond acceptors (Lipinski definition) is 3. The summed E-state index contributed by atoms with van der Waals surface area (Å²) in [6.45, 7) is 0. The molecule has 0 aliphatic rings. The Bertz CT molecular complexity index is 938. The van der Waals surface area contributed by atoms with Gasteiger partial charge in [-0.25, -0.2) is 8.42 Å². The molecule has 0 aromatic heterocycles. The summed E-state index contributed by atoms with van der Waals surface area (Å²) in [5.74, 6) is 0.308. The molecular weight excluding hydrogens is 322 g/mol. The van der Waals surface area contributed by atoms with Crippen LogP contribution in [0.4, 0.5) is 5.69 Å². The lowest BCUT2D eigenvalue weighted by Crippen LogP contribution is -2.14. The SMILES string of the molecule is COc1ccccc1S(=O)(=O)Nc1ccccc1-c1ccccc1. The maximum atomic E-state index is 12.8. The molecule has 0 spiro atoms. The number of para-hydroxylation sites is 2. The maximum absolute atomic E-state index is 12.8. The van der Waals surface area contributed by atoms with Gasteiger partial charge in [-0.05, 0) is 23.8 Å². The first-order valence-electron chi connectivity index (χ1n) is 7.42. The van der Waals surface area contributed by atoms with Crippen LogP contribution in [-0.2, 0) is 10.0 Å². The zero-order chi connectivity index (χ0) is 17.0. The van der Waals surface area contributed by atoms with Crippen LogP contribution in [0.25, 0.3) is 11.1 Å². The second kappa shape index (κ2) is 6.76. The van der Waals surface area contributed by atoms with Crippen molar-refractivity contribution in [1.82, 2.24) is 0 Å². The third kappa shape index (κ3) is 3.26. The van der Waals surface area contributed by atoms with Gasteiger partial charge in [0.1, 0.15) is 10.6 Å². The van der Waals surface area contributed by atoms with Gasteiger partial charge in [0, 0.05) is 5.56 Å². The van der Waals surface area contributed by atoms with E-state index in [2.05, 4.69) is 4.72 Å². The van der Waals surface area contributed by atoms with Crippen molar-refractivity contribution < 1.29 is 13.2 Å². The molecule has 24 heavy (non-hydrogen) atoms. The number of ether oxygens (including phenoxy) is 1. The minimum Gasteiger partial charge on any atom is -0.495 e. The number of sulfonamides is 1. The van der Waals surface area contributed by atoms with Crippen LogP contribution in [0.1, 0.15) is 0 Å². The largest absolute Gasteiger partial charge is 0.495 e. The Hall–Kier alpha value is -2.79. The van der Waals surface area contributed by atoms with E-state index in [1.807, 2.05) is 42.5 Å². The molecule has 122 valence electrons. The number of hydrogen-bond donors (Lipinski definition) is 1. The minimum atomic E-state index is -3.76. The first kappa shape index (κ1) is 16.1. The highest BCUT2D eigenvalue weighted by atomic mass is 32.2. The van der Waals surface area contributed by atoms with Gasteiger partial charge in [-0.1, -0.05) is 60.7 Å². The molecule has 5 heteroatoms. The lowest BCUT2D eigenvalue weighted by Gasteiger charge is -2.14. The molecule has 0 fully saturated rings. The maximum Gasteiger partial charge on any atom is 0.265 e. The van der Waals surface area contributed by atoms with E-state index in [1.54, 1.807) is 30.3 Å². The van der Waals surface area contributed by atoms with E-state index in [9.17, 15) is 8.42 Å². The average Bonchev–Trinajstić information content (AvgIpc) is 2.62. The molecule has 0 atom stereocenters. The van der Waals surface area contributed by atoms with Crippen molar-refractivity contribution >= 4 is 15.7 Å². The summed E-state index contributed by atoms with van der Waals surface area (Å²) in [5.41, 5.74) is 2.28. The molecule has 0 amide bonds.